The van der Waals surface area contributed by atoms with Crippen LogP contribution in [0.4, 0.5) is 0 Å². The van der Waals surface area contributed by atoms with Crippen LogP contribution < -0.4 is 26.4 Å². The Bertz CT molecular complexity index is 972. The zero-order chi connectivity index (χ0) is 16.8. The molecule has 1 aliphatic heterocycles. The van der Waals surface area contributed by atoms with Crippen molar-refractivity contribution in [3.8, 4) is 34.3 Å². The second-order valence-corrected chi connectivity index (χ2v) is 5.90. The summed E-state index contributed by atoms with van der Waals surface area (Å²) in [6.07, 6.45) is 2.82. The van der Waals surface area contributed by atoms with Gasteiger partial charge in [0, 0.05) is 12.5 Å². The number of hydrogen-bond donors (Lipinski definition) is 2. The highest BCUT2D eigenvalue weighted by Crippen LogP contribution is 2.39. The zero-order valence-corrected chi connectivity index (χ0v) is 14.7. The highest BCUT2D eigenvalue weighted by atomic mass is 35.5. The first-order chi connectivity index (χ1) is 11.6. The molecule has 0 unspecified atom stereocenters. The van der Waals surface area contributed by atoms with Crippen molar-refractivity contribution in [2.24, 2.45) is 0 Å². The van der Waals surface area contributed by atoms with E-state index in [0.717, 1.165) is 40.6 Å². The number of phenolic OH excluding ortho intramolecular Hbond substituents is 2. The van der Waals surface area contributed by atoms with Crippen LogP contribution in [0.2, 0.25) is 0 Å². The summed E-state index contributed by atoms with van der Waals surface area (Å²) >= 11 is 0. The van der Waals surface area contributed by atoms with E-state index in [2.05, 4.69) is 10.6 Å². The Morgan fingerprint density at radius 2 is 1.80 bits per heavy atom. The fraction of sp³-hybridized carbons (Fsp3) is 0.211. The topological polar surface area (TPSA) is 62.8 Å². The van der Waals surface area contributed by atoms with Gasteiger partial charge in [-0.3, -0.25) is 0 Å². The van der Waals surface area contributed by atoms with Gasteiger partial charge < -0.3 is 32.1 Å². The lowest BCUT2D eigenvalue weighted by Crippen LogP contribution is -3.00. The third-order valence-electron chi connectivity index (χ3n) is 4.60. The lowest BCUT2D eigenvalue weighted by atomic mass is 9.95. The van der Waals surface area contributed by atoms with Gasteiger partial charge in [0.2, 0.25) is 5.69 Å². The minimum Gasteiger partial charge on any atom is -1.00 e. The Balaban J connectivity index is 0.00000182. The molecule has 2 aromatic carbocycles. The maximum Gasteiger partial charge on any atom is 0.213 e. The molecule has 5 nitrogen and oxygen atoms in total. The van der Waals surface area contributed by atoms with Crippen LogP contribution in [0, 0.1) is 0 Å². The average molecular weight is 360 g/mol. The highest BCUT2D eigenvalue weighted by Gasteiger charge is 2.26. The molecule has 2 N–H and O–H groups in total. The van der Waals surface area contributed by atoms with E-state index in [1.807, 2.05) is 18.3 Å². The molecule has 0 atom stereocenters. The third kappa shape index (κ3) is 2.61. The van der Waals surface area contributed by atoms with Gasteiger partial charge in [-0.2, -0.15) is 4.57 Å². The summed E-state index contributed by atoms with van der Waals surface area (Å²) in [5.74, 6) is 1.24. The summed E-state index contributed by atoms with van der Waals surface area (Å²) < 4.78 is 12.8. The van der Waals surface area contributed by atoms with Crippen molar-refractivity contribution in [1.82, 2.24) is 0 Å². The van der Waals surface area contributed by atoms with Crippen LogP contribution in [0.5, 0.6) is 23.0 Å². The number of phenols is 2. The van der Waals surface area contributed by atoms with Crippen LogP contribution in [-0.2, 0) is 13.0 Å². The third-order valence-corrected chi connectivity index (χ3v) is 4.60. The molecule has 4 rings (SSSR count). The number of aromatic hydroxyl groups is 2. The number of aryl methyl sites for hydroxylation is 2. The lowest BCUT2D eigenvalue weighted by molar-refractivity contribution is -0.686. The molecular formula is C19H18ClNO4. The molecule has 6 heteroatoms. The number of methoxy groups -OCH3 is 2. The summed E-state index contributed by atoms with van der Waals surface area (Å²) in [6.45, 7) is 0.794. The minimum absolute atomic E-state index is 0. The van der Waals surface area contributed by atoms with Crippen LogP contribution in [0.3, 0.4) is 0 Å². The van der Waals surface area contributed by atoms with Gasteiger partial charge in [-0.1, -0.05) is 0 Å². The standard InChI is InChI=1S/C19H17NO4.ClH/c1-23-18-9-13-12(8-17(18)22)5-6-20-10-14-11(7-15(13)20)3-4-16(21)19(14)24-2;/h3-4,7-10,21H,5-6H2,1-2H3;1H. The molecule has 0 aliphatic carbocycles. The number of rotatable bonds is 2. The maximum absolute atomic E-state index is 10.0. The first-order valence-corrected chi connectivity index (χ1v) is 7.75. The molecule has 0 fully saturated rings. The number of halogens is 1. The van der Waals surface area contributed by atoms with Crippen LogP contribution in [0.15, 0.2) is 36.5 Å². The van der Waals surface area contributed by atoms with Crippen LogP contribution in [-0.4, -0.2) is 24.4 Å². The molecule has 1 aromatic heterocycles. The van der Waals surface area contributed by atoms with Crippen molar-refractivity contribution in [3.05, 3.63) is 42.1 Å². The van der Waals surface area contributed by atoms with Crippen molar-refractivity contribution in [3.63, 3.8) is 0 Å². The normalized spacial score (nSPS) is 12.1. The van der Waals surface area contributed by atoms with Crippen LogP contribution in [0.25, 0.3) is 22.0 Å². The fourth-order valence-electron chi connectivity index (χ4n) is 3.41. The van der Waals surface area contributed by atoms with E-state index in [1.54, 1.807) is 26.4 Å². The predicted octanol–water partition coefficient (Wildman–Crippen LogP) is -0.217. The first-order valence-electron chi connectivity index (χ1n) is 7.75. The molecule has 0 amide bonds. The summed E-state index contributed by atoms with van der Waals surface area (Å²) in [6, 6.07) is 9.24. The molecule has 0 radical (unpaired) electrons. The minimum atomic E-state index is 0. The quantitative estimate of drug-likeness (QED) is 0.621. The average Bonchev–Trinajstić information content (AvgIpc) is 2.59. The second-order valence-electron chi connectivity index (χ2n) is 5.90. The van der Waals surface area contributed by atoms with Gasteiger partial charge in [0.15, 0.2) is 35.7 Å². The van der Waals surface area contributed by atoms with Crippen molar-refractivity contribution < 1.29 is 36.7 Å². The Morgan fingerprint density at radius 3 is 2.52 bits per heavy atom. The van der Waals surface area contributed by atoms with Gasteiger partial charge in [0.05, 0.1) is 25.2 Å². The van der Waals surface area contributed by atoms with E-state index in [-0.39, 0.29) is 23.9 Å². The monoisotopic (exact) mass is 359 g/mol. The molecule has 0 saturated carbocycles. The molecule has 0 bridgehead atoms. The van der Waals surface area contributed by atoms with Gasteiger partial charge in [-0.25, -0.2) is 0 Å². The number of fused-ring (bicyclic) bond motifs is 4. The maximum atomic E-state index is 10.0. The molecule has 2 heterocycles. The number of aromatic nitrogens is 1. The number of hydrogen-bond acceptors (Lipinski definition) is 4. The van der Waals surface area contributed by atoms with Crippen LogP contribution in [0.1, 0.15) is 5.56 Å². The molecular weight excluding hydrogens is 342 g/mol. The van der Waals surface area contributed by atoms with Crippen molar-refractivity contribution in [2.45, 2.75) is 13.0 Å². The fourth-order valence-corrected chi connectivity index (χ4v) is 3.41. The number of pyridine rings is 1. The van der Waals surface area contributed by atoms with E-state index in [9.17, 15) is 10.2 Å². The summed E-state index contributed by atoms with van der Waals surface area (Å²) in [4.78, 5) is 0. The Hall–Kier alpha value is -2.66. The lowest BCUT2D eigenvalue weighted by Gasteiger charge is -2.17. The van der Waals surface area contributed by atoms with E-state index in [0.29, 0.717) is 11.5 Å². The molecule has 130 valence electrons. The largest absolute Gasteiger partial charge is 1.00 e. The van der Waals surface area contributed by atoms with Gasteiger partial charge in [-0.05, 0) is 35.2 Å². The first kappa shape index (κ1) is 17.2. The zero-order valence-electron chi connectivity index (χ0n) is 13.9. The number of benzene rings is 2. The summed E-state index contributed by atoms with van der Waals surface area (Å²) in [5.41, 5.74) is 3.19. The second kappa shape index (κ2) is 6.33. The van der Waals surface area contributed by atoms with Crippen LogP contribution >= 0.6 is 0 Å². The molecule has 0 saturated heterocycles. The Kier molecular flexibility index (Phi) is 4.35. The number of nitrogens with zero attached hydrogens (tertiary/aromatic N) is 1. The van der Waals surface area contributed by atoms with E-state index in [4.69, 9.17) is 9.47 Å². The Morgan fingerprint density at radius 1 is 1.00 bits per heavy atom. The smallest absolute Gasteiger partial charge is 0.213 e. The van der Waals surface area contributed by atoms with Crippen molar-refractivity contribution >= 4 is 10.8 Å². The summed E-state index contributed by atoms with van der Waals surface area (Å²) in [5, 5.41) is 21.9. The van der Waals surface area contributed by atoms with Gasteiger partial charge in [0.1, 0.15) is 0 Å². The SMILES string of the molecule is COc1cc2c(cc1O)CC[n+]1cc3c(OC)c(O)ccc3cc1-2.[Cl-]. The van der Waals surface area contributed by atoms with E-state index >= 15 is 0 Å². The summed E-state index contributed by atoms with van der Waals surface area (Å²) in [7, 11) is 3.11. The van der Waals surface area contributed by atoms with Gasteiger partial charge in [0.25, 0.3) is 0 Å². The van der Waals surface area contributed by atoms with Gasteiger partial charge >= 0.3 is 0 Å². The molecule has 3 aromatic rings. The highest BCUT2D eigenvalue weighted by molar-refractivity contribution is 5.91. The van der Waals surface area contributed by atoms with Crippen molar-refractivity contribution in [1.29, 1.82) is 0 Å². The molecule has 1 aliphatic rings. The Labute approximate surface area is 151 Å². The van der Waals surface area contributed by atoms with E-state index in [1.165, 1.54) is 0 Å². The van der Waals surface area contributed by atoms with Crippen molar-refractivity contribution in [2.75, 3.05) is 14.2 Å². The predicted molar refractivity (Wildman–Crippen MR) is 89.7 cm³/mol. The van der Waals surface area contributed by atoms with E-state index < -0.39 is 0 Å². The number of ether oxygens (including phenoxy) is 2. The molecule has 0 spiro atoms. The molecule has 25 heavy (non-hydrogen) atoms. The van der Waals surface area contributed by atoms with Gasteiger partial charge in [-0.15, -0.1) is 0 Å².